The van der Waals surface area contributed by atoms with Gasteiger partial charge in [0, 0.05) is 6.20 Å². The van der Waals surface area contributed by atoms with E-state index in [4.69, 9.17) is 0 Å². The van der Waals surface area contributed by atoms with Crippen molar-refractivity contribution in [2.75, 3.05) is 0 Å². The van der Waals surface area contributed by atoms with E-state index in [1.54, 1.807) is 0 Å². The minimum atomic E-state index is -0.203. The highest BCUT2D eigenvalue weighted by Crippen LogP contribution is 2.25. The third-order valence-corrected chi connectivity index (χ3v) is 4.99. The molecule has 0 aliphatic rings. The number of nitrogens with one attached hydrogen (secondary N) is 1. The molecule has 114 valence electrons. The summed E-state index contributed by atoms with van der Waals surface area (Å²) < 4.78 is 2.85. The van der Waals surface area contributed by atoms with Crippen LogP contribution in [0.15, 0.2) is 40.3 Å². The van der Waals surface area contributed by atoms with Gasteiger partial charge in [-0.05, 0) is 46.1 Å². The quantitative estimate of drug-likeness (QED) is 0.752. The first-order chi connectivity index (χ1) is 10.6. The standard InChI is InChI=1S/C15H15BrN4OS/c1-9(2)13(17-15(21)10-6-7-11(16)22-10)14-19-18-12-5-3-4-8-20(12)14/h3-9,13H,1-2H3,(H,17,21)/t13-/m1/s1. The van der Waals surface area contributed by atoms with Gasteiger partial charge in [-0.3, -0.25) is 9.20 Å². The molecule has 1 N–H and O–H groups in total. The van der Waals surface area contributed by atoms with Gasteiger partial charge in [0.05, 0.1) is 14.7 Å². The summed E-state index contributed by atoms with van der Waals surface area (Å²) in [5, 5.41) is 11.5. The van der Waals surface area contributed by atoms with Gasteiger partial charge in [-0.1, -0.05) is 19.9 Å². The van der Waals surface area contributed by atoms with Gasteiger partial charge in [-0.2, -0.15) is 0 Å². The van der Waals surface area contributed by atoms with Crippen LogP contribution in [0, 0.1) is 5.92 Å². The first kappa shape index (κ1) is 15.2. The van der Waals surface area contributed by atoms with Crippen LogP contribution in [0.4, 0.5) is 0 Å². The predicted octanol–water partition coefficient (Wildman–Crippen LogP) is 3.68. The Bertz CT molecular complexity index is 811. The van der Waals surface area contributed by atoms with Crippen molar-refractivity contribution in [1.29, 1.82) is 0 Å². The molecule has 3 aromatic rings. The molecule has 0 aromatic carbocycles. The second kappa shape index (κ2) is 6.18. The highest BCUT2D eigenvalue weighted by Gasteiger charge is 2.24. The Morgan fingerprint density at radius 1 is 1.27 bits per heavy atom. The average molecular weight is 379 g/mol. The molecule has 22 heavy (non-hydrogen) atoms. The smallest absolute Gasteiger partial charge is 0.261 e. The van der Waals surface area contributed by atoms with Crippen LogP contribution in [0.3, 0.4) is 0 Å². The normalized spacial score (nSPS) is 12.7. The molecule has 1 atom stereocenters. The van der Waals surface area contributed by atoms with E-state index in [0.29, 0.717) is 4.88 Å². The lowest BCUT2D eigenvalue weighted by Crippen LogP contribution is -2.32. The fourth-order valence-corrected chi connectivity index (χ4v) is 3.54. The molecular formula is C15H15BrN4OS. The first-order valence-corrected chi connectivity index (χ1v) is 8.53. The molecule has 0 spiro atoms. The summed E-state index contributed by atoms with van der Waals surface area (Å²) in [5.74, 6) is 0.844. The number of amides is 1. The highest BCUT2D eigenvalue weighted by molar-refractivity contribution is 9.11. The molecule has 0 radical (unpaired) electrons. The number of hydrogen-bond acceptors (Lipinski definition) is 4. The van der Waals surface area contributed by atoms with Gasteiger partial charge in [0.2, 0.25) is 0 Å². The molecule has 0 aliphatic carbocycles. The Labute approximate surface area is 140 Å². The summed E-state index contributed by atoms with van der Waals surface area (Å²) in [7, 11) is 0. The molecule has 0 fully saturated rings. The summed E-state index contributed by atoms with van der Waals surface area (Å²) in [6.07, 6.45) is 1.91. The minimum Gasteiger partial charge on any atom is -0.341 e. The number of carbonyl (C=O) groups excluding carboxylic acids is 1. The third-order valence-electron chi connectivity index (χ3n) is 3.37. The van der Waals surface area contributed by atoms with Crippen LogP contribution in [0.25, 0.3) is 5.65 Å². The van der Waals surface area contributed by atoms with E-state index in [2.05, 4.69) is 45.3 Å². The highest BCUT2D eigenvalue weighted by atomic mass is 79.9. The topological polar surface area (TPSA) is 59.3 Å². The molecule has 0 saturated heterocycles. The van der Waals surface area contributed by atoms with E-state index in [-0.39, 0.29) is 17.9 Å². The van der Waals surface area contributed by atoms with Crippen molar-refractivity contribution in [2.45, 2.75) is 19.9 Å². The number of thiophene rings is 1. The van der Waals surface area contributed by atoms with Gasteiger partial charge >= 0.3 is 0 Å². The van der Waals surface area contributed by atoms with Crippen molar-refractivity contribution in [3.05, 3.63) is 51.0 Å². The van der Waals surface area contributed by atoms with E-state index in [9.17, 15) is 4.79 Å². The number of nitrogens with zero attached hydrogens (tertiary/aromatic N) is 3. The van der Waals surface area contributed by atoms with Crippen molar-refractivity contribution in [3.8, 4) is 0 Å². The fourth-order valence-electron chi connectivity index (χ4n) is 2.25. The van der Waals surface area contributed by atoms with Gasteiger partial charge in [-0.25, -0.2) is 0 Å². The van der Waals surface area contributed by atoms with Gasteiger partial charge < -0.3 is 5.32 Å². The molecule has 3 aromatic heterocycles. The lowest BCUT2D eigenvalue weighted by molar-refractivity contribution is 0.0927. The van der Waals surface area contributed by atoms with Crippen LogP contribution in [-0.4, -0.2) is 20.5 Å². The lowest BCUT2D eigenvalue weighted by atomic mass is 10.0. The van der Waals surface area contributed by atoms with E-state index < -0.39 is 0 Å². The number of rotatable bonds is 4. The van der Waals surface area contributed by atoms with Gasteiger partial charge in [-0.15, -0.1) is 21.5 Å². The number of pyridine rings is 1. The molecule has 5 nitrogen and oxygen atoms in total. The third kappa shape index (κ3) is 2.91. The second-order valence-corrected chi connectivity index (χ2v) is 7.75. The SMILES string of the molecule is CC(C)[C@@H](NC(=O)c1ccc(Br)s1)c1nnc2ccccn12. The first-order valence-electron chi connectivity index (χ1n) is 6.92. The maximum atomic E-state index is 12.4. The van der Waals surface area contributed by atoms with Crippen molar-refractivity contribution in [1.82, 2.24) is 19.9 Å². The molecule has 7 heteroatoms. The Hall–Kier alpha value is -1.73. The largest absolute Gasteiger partial charge is 0.341 e. The van der Waals surface area contributed by atoms with Crippen LogP contribution in [0.2, 0.25) is 0 Å². The Morgan fingerprint density at radius 2 is 2.09 bits per heavy atom. The number of fused-ring (bicyclic) bond motifs is 1. The molecule has 1 amide bonds. The monoisotopic (exact) mass is 378 g/mol. The van der Waals surface area contributed by atoms with Gasteiger partial charge in [0.1, 0.15) is 0 Å². The zero-order valence-electron chi connectivity index (χ0n) is 12.2. The average Bonchev–Trinajstić information content (AvgIpc) is 3.10. The number of aromatic nitrogens is 3. The number of carbonyl (C=O) groups is 1. The van der Waals surface area contributed by atoms with Crippen LogP contribution in [-0.2, 0) is 0 Å². The molecule has 0 saturated carbocycles. The fraction of sp³-hybridized carbons (Fsp3) is 0.267. The second-order valence-electron chi connectivity index (χ2n) is 5.29. The van der Waals surface area contributed by atoms with Crippen LogP contribution >= 0.6 is 27.3 Å². The van der Waals surface area contributed by atoms with Crippen LogP contribution < -0.4 is 5.32 Å². The molecule has 0 bridgehead atoms. The number of halogens is 1. The molecule has 3 rings (SSSR count). The van der Waals surface area contributed by atoms with E-state index in [1.165, 1.54) is 11.3 Å². The van der Waals surface area contributed by atoms with E-state index >= 15 is 0 Å². The summed E-state index contributed by atoms with van der Waals surface area (Å²) in [6.45, 7) is 4.11. The maximum absolute atomic E-state index is 12.4. The number of hydrogen-bond donors (Lipinski definition) is 1. The zero-order valence-corrected chi connectivity index (χ0v) is 14.6. The van der Waals surface area contributed by atoms with Gasteiger partial charge in [0.25, 0.3) is 5.91 Å². The van der Waals surface area contributed by atoms with Crippen molar-refractivity contribution >= 4 is 38.8 Å². The Morgan fingerprint density at radius 3 is 2.77 bits per heavy atom. The summed E-state index contributed by atoms with van der Waals surface area (Å²) in [4.78, 5) is 13.1. The van der Waals surface area contributed by atoms with Crippen molar-refractivity contribution in [2.24, 2.45) is 5.92 Å². The zero-order chi connectivity index (χ0) is 15.7. The molecular weight excluding hydrogens is 364 g/mol. The summed E-state index contributed by atoms with van der Waals surface area (Å²) >= 11 is 4.79. The minimum absolute atomic E-state index is 0.0953. The Kier molecular flexibility index (Phi) is 4.26. The maximum Gasteiger partial charge on any atom is 0.261 e. The lowest BCUT2D eigenvalue weighted by Gasteiger charge is -2.20. The van der Waals surface area contributed by atoms with Crippen LogP contribution in [0.1, 0.15) is 35.4 Å². The summed E-state index contributed by atoms with van der Waals surface area (Å²) in [5.41, 5.74) is 0.774. The van der Waals surface area contributed by atoms with Crippen molar-refractivity contribution in [3.63, 3.8) is 0 Å². The van der Waals surface area contributed by atoms with E-state index in [0.717, 1.165) is 15.3 Å². The van der Waals surface area contributed by atoms with E-state index in [1.807, 2.05) is 40.9 Å². The van der Waals surface area contributed by atoms with Crippen molar-refractivity contribution < 1.29 is 4.79 Å². The Balaban J connectivity index is 1.92. The van der Waals surface area contributed by atoms with Gasteiger partial charge in [0.15, 0.2) is 11.5 Å². The molecule has 3 heterocycles. The summed E-state index contributed by atoms with van der Waals surface area (Å²) in [6, 6.07) is 9.21. The molecule has 0 aliphatic heterocycles. The van der Waals surface area contributed by atoms with Crippen LogP contribution in [0.5, 0.6) is 0 Å². The molecule has 0 unspecified atom stereocenters. The predicted molar refractivity (Wildman–Crippen MR) is 90.1 cm³/mol.